The van der Waals surface area contributed by atoms with Gasteiger partial charge in [-0.15, -0.1) is 0 Å². The van der Waals surface area contributed by atoms with Crippen molar-refractivity contribution >= 4 is 39.6 Å². The van der Waals surface area contributed by atoms with E-state index >= 15 is 0 Å². The van der Waals surface area contributed by atoms with Crippen LogP contribution < -0.4 is 0 Å². The summed E-state index contributed by atoms with van der Waals surface area (Å²) in [5.74, 6) is -1.84. The van der Waals surface area contributed by atoms with Gasteiger partial charge in [-0.3, -0.25) is 4.79 Å². The molecule has 6 heteroatoms. The molecular formula is C15H11BrO4S. The Hall–Kier alpha value is -1.79. The summed E-state index contributed by atoms with van der Waals surface area (Å²) < 4.78 is 0.760. The van der Waals surface area contributed by atoms with Gasteiger partial charge >= 0.3 is 11.9 Å². The van der Waals surface area contributed by atoms with Crippen molar-refractivity contribution in [2.75, 3.05) is 0 Å². The van der Waals surface area contributed by atoms with Crippen molar-refractivity contribution in [3.63, 3.8) is 0 Å². The zero-order valence-corrected chi connectivity index (χ0v) is 13.1. The molecule has 0 unspecified atom stereocenters. The SMILES string of the molecule is O=C(O)Cc1cc(Sc2ccc(C(=O)O)cc2)ccc1Br. The van der Waals surface area contributed by atoms with Crippen LogP contribution in [0, 0.1) is 0 Å². The van der Waals surface area contributed by atoms with Gasteiger partial charge in [0.05, 0.1) is 12.0 Å². The van der Waals surface area contributed by atoms with Crippen molar-refractivity contribution in [1.29, 1.82) is 0 Å². The molecule has 0 aromatic heterocycles. The third-order valence-electron chi connectivity index (χ3n) is 2.70. The minimum atomic E-state index is -0.959. The van der Waals surface area contributed by atoms with Crippen LogP contribution in [-0.4, -0.2) is 22.2 Å². The van der Waals surface area contributed by atoms with Gasteiger partial charge in [-0.2, -0.15) is 0 Å². The van der Waals surface area contributed by atoms with Crippen molar-refractivity contribution in [1.82, 2.24) is 0 Å². The maximum atomic E-state index is 10.8. The number of hydrogen-bond acceptors (Lipinski definition) is 3. The van der Waals surface area contributed by atoms with Gasteiger partial charge in [-0.1, -0.05) is 27.7 Å². The Kier molecular flexibility index (Phi) is 5.03. The van der Waals surface area contributed by atoms with E-state index in [2.05, 4.69) is 15.9 Å². The van der Waals surface area contributed by atoms with Gasteiger partial charge in [0.2, 0.25) is 0 Å². The number of rotatable bonds is 5. The van der Waals surface area contributed by atoms with Crippen LogP contribution in [0.1, 0.15) is 15.9 Å². The lowest BCUT2D eigenvalue weighted by molar-refractivity contribution is -0.136. The average molecular weight is 367 g/mol. The van der Waals surface area contributed by atoms with E-state index in [-0.39, 0.29) is 12.0 Å². The fourth-order valence-corrected chi connectivity index (χ4v) is 2.98. The first-order valence-electron chi connectivity index (χ1n) is 5.97. The van der Waals surface area contributed by atoms with Gasteiger partial charge < -0.3 is 10.2 Å². The highest BCUT2D eigenvalue weighted by Crippen LogP contribution is 2.31. The number of carboxylic acids is 2. The molecule has 0 aliphatic heterocycles. The largest absolute Gasteiger partial charge is 0.481 e. The highest BCUT2D eigenvalue weighted by Gasteiger charge is 2.08. The number of carboxylic acid groups (broad SMARTS) is 2. The average Bonchev–Trinajstić information content (AvgIpc) is 2.42. The molecule has 0 saturated carbocycles. The predicted molar refractivity (Wildman–Crippen MR) is 83.0 cm³/mol. The quantitative estimate of drug-likeness (QED) is 0.838. The van der Waals surface area contributed by atoms with E-state index in [0.29, 0.717) is 5.56 Å². The molecule has 0 atom stereocenters. The van der Waals surface area contributed by atoms with E-state index < -0.39 is 11.9 Å². The first-order valence-corrected chi connectivity index (χ1v) is 7.58. The van der Waals surface area contributed by atoms with Crippen LogP contribution in [0.15, 0.2) is 56.7 Å². The number of hydrogen-bond donors (Lipinski definition) is 2. The monoisotopic (exact) mass is 366 g/mol. The number of aliphatic carboxylic acids is 1. The molecule has 2 aromatic rings. The maximum absolute atomic E-state index is 10.8. The van der Waals surface area contributed by atoms with Crippen molar-refractivity contribution < 1.29 is 19.8 Å². The smallest absolute Gasteiger partial charge is 0.335 e. The first kappa shape index (κ1) is 15.6. The van der Waals surface area contributed by atoms with Crippen molar-refractivity contribution in [3.8, 4) is 0 Å². The standard InChI is InChI=1S/C15H11BrO4S/c16-13-6-5-12(7-10(13)8-14(17)18)21-11-3-1-9(2-4-11)15(19)20/h1-7H,8H2,(H,17,18)(H,19,20). The summed E-state index contributed by atoms with van der Waals surface area (Å²) in [5, 5.41) is 17.7. The van der Waals surface area contributed by atoms with Crippen LogP contribution in [0.2, 0.25) is 0 Å². The molecule has 0 bridgehead atoms. The molecule has 2 aromatic carbocycles. The summed E-state index contributed by atoms with van der Waals surface area (Å²) in [4.78, 5) is 23.4. The maximum Gasteiger partial charge on any atom is 0.335 e. The predicted octanol–water partition coefficient (Wildman–Crippen LogP) is 3.93. The van der Waals surface area contributed by atoms with Gasteiger partial charge in [0.25, 0.3) is 0 Å². The summed E-state index contributed by atoms with van der Waals surface area (Å²) >= 11 is 4.78. The summed E-state index contributed by atoms with van der Waals surface area (Å²) in [6.07, 6.45) is -0.0487. The summed E-state index contributed by atoms with van der Waals surface area (Å²) in [7, 11) is 0. The lowest BCUT2D eigenvalue weighted by Gasteiger charge is -2.06. The highest BCUT2D eigenvalue weighted by atomic mass is 79.9. The van der Waals surface area contributed by atoms with Crippen molar-refractivity contribution in [3.05, 3.63) is 58.1 Å². The topological polar surface area (TPSA) is 74.6 Å². The van der Waals surface area contributed by atoms with E-state index in [0.717, 1.165) is 14.3 Å². The molecule has 0 spiro atoms. The summed E-state index contributed by atoms with van der Waals surface area (Å²) in [6, 6.07) is 12.1. The molecule has 0 radical (unpaired) electrons. The van der Waals surface area contributed by atoms with Gasteiger partial charge in [-0.05, 0) is 48.0 Å². The Morgan fingerprint density at radius 3 is 2.19 bits per heavy atom. The second kappa shape index (κ2) is 6.78. The molecule has 0 amide bonds. The normalized spacial score (nSPS) is 10.3. The lowest BCUT2D eigenvalue weighted by Crippen LogP contribution is -2.00. The molecule has 0 heterocycles. The van der Waals surface area contributed by atoms with Gasteiger partial charge in [-0.25, -0.2) is 4.79 Å². The molecule has 21 heavy (non-hydrogen) atoms. The Bertz CT molecular complexity index is 683. The van der Waals surface area contributed by atoms with Gasteiger partial charge in [0.1, 0.15) is 0 Å². The van der Waals surface area contributed by atoms with Gasteiger partial charge in [0, 0.05) is 14.3 Å². The van der Waals surface area contributed by atoms with E-state index in [1.165, 1.54) is 11.8 Å². The Morgan fingerprint density at radius 2 is 1.62 bits per heavy atom. The van der Waals surface area contributed by atoms with Crippen LogP contribution in [-0.2, 0) is 11.2 Å². The Balaban J connectivity index is 2.19. The fraction of sp³-hybridized carbons (Fsp3) is 0.0667. The minimum Gasteiger partial charge on any atom is -0.481 e. The van der Waals surface area contributed by atoms with Crippen molar-refractivity contribution in [2.45, 2.75) is 16.2 Å². The van der Waals surface area contributed by atoms with Crippen LogP contribution in [0.5, 0.6) is 0 Å². The number of carbonyl (C=O) groups is 2. The van der Waals surface area contributed by atoms with Crippen LogP contribution in [0.3, 0.4) is 0 Å². The number of benzene rings is 2. The van der Waals surface area contributed by atoms with E-state index in [1.54, 1.807) is 24.3 Å². The molecule has 0 aliphatic carbocycles. The Morgan fingerprint density at radius 1 is 1.00 bits per heavy atom. The third kappa shape index (κ3) is 4.34. The lowest BCUT2D eigenvalue weighted by atomic mass is 10.1. The molecule has 108 valence electrons. The Labute approximate surface area is 133 Å². The molecule has 2 rings (SSSR count). The zero-order valence-electron chi connectivity index (χ0n) is 10.7. The van der Waals surface area contributed by atoms with Crippen LogP contribution in [0.25, 0.3) is 0 Å². The molecule has 0 fully saturated rings. The molecule has 0 aliphatic rings. The third-order valence-corrected chi connectivity index (χ3v) is 4.47. The molecule has 2 N–H and O–H groups in total. The molecular weight excluding hydrogens is 356 g/mol. The summed E-state index contributed by atoms with van der Waals surface area (Å²) in [6.45, 7) is 0. The second-order valence-corrected chi connectivity index (χ2v) is 6.26. The zero-order chi connectivity index (χ0) is 15.4. The highest BCUT2D eigenvalue weighted by molar-refractivity contribution is 9.10. The van der Waals surface area contributed by atoms with Crippen LogP contribution >= 0.6 is 27.7 Å². The van der Waals surface area contributed by atoms with E-state index in [9.17, 15) is 9.59 Å². The number of halogens is 1. The minimum absolute atomic E-state index is 0.0487. The van der Waals surface area contributed by atoms with Crippen molar-refractivity contribution in [2.24, 2.45) is 0 Å². The number of aromatic carboxylic acids is 1. The van der Waals surface area contributed by atoms with E-state index in [4.69, 9.17) is 10.2 Å². The van der Waals surface area contributed by atoms with E-state index in [1.807, 2.05) is 18.2 Å². The van der Waals surface area contributed by atoms with Crippen LogP contribution in [0.4, 0.5) is 0 Å². The molecule has 4 nitrogen and oxygen atoms in total. The molecule has 0 saturated heterocycles. The first-order chi connectivity index (χ1) is 9.95. The van der Waals surface area contributed by atoms with Gasteiger partial charge in [0.15, 0.2) is 0 Å². The second-order valence-electron chi connectivity index (χ2n) is 4.26. The summed E-state index contributed by atoms with van der Waals surface area (Å²) in [5.41, 5.74) is 0.941. The fourth-order valence-electron chi connectivity index (χ4n) is 1.71.